The number of benzene rings is 2. The molecule has 7 rings (SSSR count). The van der Waals surface area contributed by atoms with Gasteiger partial charge in [-0.05, 0) is 30.2 Å². The number of carboxylic acids is 1. The van der Waals surface area contributed by atoms with E-state index in [2.05, 4.69) is 9.97 Å². The second kappa shape index (κ2) is 10.1. The Morgan fingerprint density at radius 1 is 1.02 bits per heavy atom. The van der Waals surface area contributed by atoms with Crippen molar-refractivity contribution in [2.75, 3.05) is 24.5 Å². The summed E-state index contributed by atoms with van der Waals surface area (Å²) in [7, 11) is 0. The number of hydrogen-bond acceptors (Lipinski definition) is 8. The van der Waals surface area contributed by atoms with E-state index in [0.29, 0.717) is 29.6 Å². The van der Waals surface area contributed by atoms with Crippen LogP contribution in [0, 0.1) is 5.92 Å². The summed E-state index contributed by atoms with van der Waals surface area (Å²) in [6, 6.07) is 12.8. The number of amides is 1. The molecule has 2 saturated heterocycles. The molecule has 0 unspecified atom stereocenters. The predicted octanol–water partition coefficient (Wildman–Crippen LogP) is 4.89. The molecule has 1 amide bonds. The van der Waals surface area contributed by atoms with E-state index in [4.69, 9.17) is 14.1 Å². The highest BCUT2D eigenvalue weighted by atomic mass is 19.4. The maximum absolute atomic E-state index is 14.0. The van der Waals surface area contributed by atoms with Gasteiger partial charge >= 0.3 is 12.1 Å². The Hall–Kier alpha value is -4.88. The summed E-state index contributed by atoms with van der Waals surface area (Å²) < 4.78 is 56.1. The minimum atomic E-state index is -4.88. The summed E-state index contributed by atoms with van der Waals surface area (Å²) in [6.07, 6.45) is -5.70. The van der Waals surface area contributed by atoms with Crippen LogP contribution in [0.3, 0.4) is 0 Å². The molecule has 14 heteroatoms. The number of carbonyl (C=O) groups excluding carboxylic acids is 1. The van der Waals surface area contributed by atoms with Crippen LogP contribution in [0.15, 0.2) is 52.9 Å². The lowest BCUT2D eigenvalue weighted by Crippen LogP contribution is -2.37. The van der Waals surface area contributed by atoms with E-state index < -0.39 is 30.1 Å². The van der Waals surface area contributed by atoms with E-state index in [-0.39, 0.29) is 53.8 Å². The quantitative estimate of drug-likeness (QED) is 0.297. The van der Waals surface area contributed by atoms with Gasteiger partial charge in [-0.25, -0.2) is 14.8 Å². The van der Waals surface area contributed by atoms with E-state index in [0.717, 1.165) is 5.52 Å². The molecule has 3 aromatic heterocycles. The van der Waals surface area contributed by atoms with Crippen molar-refractivity contribution in [3.8, 4) is 6.01 Å². The number of hydrogen-bond donors (Lipinski definition) is 1. The van der Waals surface area contributed by atoms with Crippen LogP contribution in [-0.4, -0.2) is 73.2 Å². The lowest BCUT2D eigenvalue weighted by atomic mass is 10.1. The summed E-state index contributed by atoms with van der Waals surface area (Å²) in [6.45, 7) is 4.48. The summed E-state index contributed by atoms with van der Waals surface area (Å²) in [5.74, 6) is -2.88. The molecule has 44 heavy (non-hydrogen) atoms. The highest BCUT2D eigenvalue weighted by Gasteiger charge is 2.44. The van der Waals surface area contributed by atoms with Crippen LogP contribution in [-0.2, 0) is 15.8 Å². The van der Waals surface area contributed by atoms with Crippen molar-refractivity contribution in [3.63, 3.8) is 0 Å². The van der Waals surface area contributed by atoms with Gasteiger partial charge in [0.25, 0.3) is 6.01 Å². The van der Waals surface area contributed by atoms with Gasteiger partial charge in [-0.2, -0.15) is 18.2 Å². The molecular formula is C30H27F3N6O5. The van der Waals surface area contributed by atoms with E-state index >= 15 is 0 Å². The molecule has 11 nitrogen and oxygen atoms in total. The monoisotopic (exact) mass is 608 g/mol. The fourth-order valence-corrected chi connectivity index (χ4v) is 6.37. The molecule has 0 bridgehead atoms. The average molecular weight is 609 g/mol. The van der Waals surface area contributed by atoms with Crippen LogP contribution in [0.4, 0.5) is 19.0 Å². The van der Waals surface area contributed by atoms with Crippen molar-refractivity contribution in [1.29, 1.82) is 0 Å². The van der Waals surface area contributed by atoms with Crippen LogP contribution in [0.1, 0.15) is 32.1 Å². The van der Waals surface area contributed by atoms with E-state index in [1.807, 2.05) is 35.8 Å². The van der Waals surface area contributed by atoms with Gasteiger partial charge in [-0.15, -0.1) is 0 Å². The number of anilines is 1. The Labute approximate surface area is 247 Å². The van der Waals surface area contributed by atoms with Gasteiger partial charge in [0.2, 0.25) is 11.7 Å². The lowest BCUT2D eigenvalue weighted by molar-refractivity contribution is -0.144. The fourth-order valence-electron chi connectivity index (χ4n) is 6.37. The van der Waals surface area contributed by atoms with Crippen molar-refractivity contribution >= 4 is 50.8 Å². The standard InChI is InChI=1S/C30H27F3N6O5/c1-15-12-37(16(2)40)14-22(15)39-20-9-5-4-8-19(20)34-29(39)43-17-11-21(27(41)42)38(13-17)26-25-24(35-28(36-26)30(31,32)33)18-7-3-6-10-23(18)44-25/h3-10,15,17,21-22H,11-14H2,1-2H3,(H,41,42)/t15-,17-,21-,22-/m0/s1. The van der Waals surface area contributed by atoms with Crippen LogP contribution in [0.25, 0.3) is 33.1 Å². The number of para-hydroxylation sites is 3. The van der Waals surface area contributed by atoms with Crippen LogP contribution in [0.2, 0.25) is 0 Å². The highest BCUT2D eigenvalue weighted by Crippen LogP contribution is 2.40. The largest absolute Gasteiger partial charge is 0.480 e. The van der Waals surface area contributed by atoms with Crippen molar-refractivity contribution in [3.05, 3.63) is 54.4 Å². The Kier molecular flexibility index (Phi) is 6.41. The first kappa shape index (κ1) is 27.9. The number of carbonyl (C=O) groups is 2. The number of likely N-dealkylation sites (tertiary alicyclic amines) is 1. The zero-order valence-corrected chi connectivity index (χ0v) is 23.7. The second-order valence-electron chi connectivity index (χ2n) is 11.3. The number of aromatic nitrogens is 4. The number of fused-ring (bicyclic) bond motifs is 4. The SMILES string of the molecule is CC(=O)N1C[C@H](C)[C@@H](n2c(O[C@H]3C[C@@H](C(=O)O)N(c4nc(C(F)(F)F)nc5c4oc4ccccc45)C3)nc3ccccc32)C1. The van der Waals surface area contributed by atoms with E-state index in [1.54, 1.807) is 29.2 Å². The number of rotatable bonds is 5. The van der Waals surface area contributed by atoms with E-state index in [1.165, 1.54) is 11.8 Å². The van der Waals surface area contributed by atoms with Crippen molar-refractivity contribution in [1.82, 2.24) is 24.4 Å². The lowest BCUT2D eigenvalue weighted by Gasteiger charge is -2.23. The number of imidazole rings is 1. The predicted molar refractivity (Wildman–Crippen MR) is 152 cm³/mol. The average Bonchev–Trinajstić information content (AvgIpc) is 3.74. The molecule has 0 spiro atoms. The minimum absolute atomic E-state index is 0.0394. The van der Waals surface area contributed by atoms with Crippen LogP contribution < -0.4 is 9.64 Å². The smallest absolute Gasteiger partial charge is 0.451 e. The maximum Gasteiger partial charge on any atom is 0.451 e. The first-order chi connectivity index (χ1) is 21.0. The van der Waals surface area contributed by atoms with E-state index in [9.17, 15) is 27.9 Å². The summed E-state index contributed by atoms with van der Waals surface area (Å²) in [5.41, 5.74) is 1.66. The van der Waals surface area contributed by atoms with Crippen molar-refractivity contribution < 1.29 is 37.0 Å². The minimum Gasteiger partial charge on any atom is -0.480 e. The zero-order valence-electron chi connectivity index (χ0n) is 23.7. The molecule has 228 valence electrons. The summed E-state index contributed by atoms with van der Waals surface area (Å²) in [5, 5.41) is 10.5. The third-order valence-electron chi connectivity index (χ3n) is 8.46. The van der Waals surface area contributed by atoms with Gasteiger partial charge in [0.05, 0.1) is 23.6 Å². The summed E-state index contributed by atoms with van der Waals surface area (Å²) >= 11 is 0. The number of carboxylic acid groups (broad SMARTS) is 1. The molecule has 2 aromatic carbocycles. The second-order valence-corrected chi connectivity index (χ2v) is 11.3. The van der Waals surface area contributed by atoms with Gasteiger partial charge in [0, 0.05) is 31.8 Å². The molecule has 4 atom stereocenters. The van der Waals surface area contributed by atoms with Crippen LogP contribution in [0.5, 0.6) is 6.01 Å². The van der Waals surface area contributed by atoms with Crippen LogP contribution >= 0.6 is 0 Å². The fraction of sp³-hybridized carbons (Fsp3) is 0.367. The molecular weight excluding hydrogens is 581 g/mol. The molecule has 0 radical (unpaired) electrons. The van der Waals surface area contributed by atoms with Gasteiger partial charge < -0.3 is 24.1 Å². The molecule has 0 saturated carbocycles. The normalized spacial score (nSPS) is 22.5. The van der Waals surface area contributed by atoms with Crippen molar-refractivity contribution in [2.45, 2.75) is 44.6 Å². The highest BCUT2D eigenvalue weighted by molar-refractivity contribution is 6.06. The topological polar surface area (TPSA) is 127 Å². The van der Waals surface area contributed by atoms with Gasteiger partial charge in [0.1, 0.15) is 23.2 Å². The molecule has 0 aliphatic carbocycles. The maximum atomic E-state index is 14.0. The first-order valence-corrected chi connectivity index (χ1v) is 14.1. The Balaban J connectivity index is 1.29. The van der Waals surface area contributed by atoms with Gasteiger partial charge in [-0.1, -0.05) is 31.2 Å². The molecule has 2 fully saturated rings. The van der Waals surface area contributed by atoms with Gasteiger partial charge in [-0.3, -0.25) is 9.36 Å². The van der Waals surface area contributed by atoms with Gasteiger partial charge in [0.15, 0.2) is 11.4 Å². The number of alkyl halides is 3. The number of nitrogens with zero attached hydrogens (tertiary/aromatic N) is 6. The molecule has 5 aromatic rings. The zero-order chi connectivity index (χ0) is 30.9. The summed E-state index contributed by atoms with van der Waals surface area (Å²) in [4.78, 5) is 39.9. The molecule has 1 N–H and O–H groups in total. The number of furan rings is 1. The molecule has 2 aliphatic heterocycles. The first-order valence-electron chi connectivity index (χ1n) is 14.1. The number of ether oxygens (including phenoxy) is 1. The molecule has 5 heterocycles. The third kappa shape index (κ3) is 4.55. The number of aliphatic carboxylic acids is 1. The number of halogens is 3. The Bertz CT molecular complexity index is 1940. The third-order valence-corrected chi connectivity index (χ3v) is 8.46. The Morgan fingerprint density at radius 2 is 1.77 bits per heavy atom. The Morgan fingerprint density at radius 3 is 2.50 bits per heavy atom. The van der Waals surface area contributed by atoms with Crippen molar-refractivity contribution in [2.24, 2.45) is 5.92 Å². The molecule has 2 aliphatic rings.